The van der Waals surface area contributed by atoms with Gasteiger partial charge in [0.2, 0.25) is 0 Å². The van der Waals surface area contributed by atoms with Crippen LogP contribution in [0.1, 0.15) is 21.5 Å². The number of ether oxygens (including phenoxy) is 1. The summed E-state index contributed by atoms with van der Waals surface area (Å²) < 4.78 is 19.0. The third-order valence-electron chi connectivity index (χ3n) is 3.14. The van der Waals surface area contributed by atoms with E-state index in [2.05, 4.69) is 21.2 Å². The first kappa shape index (κ1) is 17.1. The smallest absolute Gasteiger partial charge is 0.341 e. The van der Waals surface area contributed by atoms with Gasteiger partial charge in [-0.2, -0.15) is 0 Å². The van der Waals surface area contributed by atoms with Crippen molar-refractivity contribution in [2.75, 3.05) is 11.9 Å². The monoisotopic (exact) mass is 379 g/mol. The third kappa shape index (κ3) is 4.63. The standard InChI is InChI=1S/C17H15BrFNO3/c1-10-3-6-15(11(2)7-10)20-16(21)9-23-17(22)13-8-12(18)4-5-14(13)19/h3-8H,9H2,1-2H3,(H,20,21). The Morgan fingerprint density at radius 2 is 1.91 bits per heavy atom. The van der Waals surface area contributed by atoms with Gasteiger partial charge in [-0.25, -0.2) is 9.18 Å². The van der Waals surface area contributed by atoms with Crippen LogP contribution < -0.4 is 5.32 Å². The van der Waals surface area contributed by atoms with Crippen LogP contribution in [0.25, 0.3) is 0 Å². The van der Waals surface area contributed by atoms with Gasteiger partial charge in [0.25, 0.3) is 5.91 Å². The van der Waals surface area contributed by atoms with Gasteiger partial charge in [-0.05, 0) is 43.7 Å². The zero-order valence-corrected chi connectivity index (χ0v) is 14.2. The molecular weight excluding hydrogens is 365 g/mol. The summed E-state index contributed by atoms with van der Waals surface area (Å²) in [6.45, 7) is 3.33. The Balaban J connectivity index is 1.96. The molecule has 0 saturated heterocycles. The fourth-order valence-corrected chi connectivity index (χ4v) is 2.36. The fraction of sp³-hybridized carbons (Fsp3) is 0.176. The van der Waals surface area contributed by atoms with Crippen molar-refractivity contribution < 1.29 is 18.7 Å². The van der Waals surface area contributed by atoms with Crippen LogP contribution in [0.4, 0.5) is 10.1 Å². The molecule has 0 heterocycles. The molecule has 1 N–H and O–H groups in total. The van der Waals surface area contributed by atoms with Crippen LogP contribution in [0, 0.1) is 19.7 Å². The van der Waals surface area contributed by atoms with Crippen LogP contribution in [0.2, 0.25) is 0 Å². The maximum atomic E-state index is 13.6. The number of esters is 1. The second kappa shape index (κ2) is 7.37. The van der Waals surface area contributed by atoms with E-state index in [1.54, 1.807) is 6.07 Å². The second-order valence-electron chi connectivity index (χ2n) is 5.07. The second-order valence-corrected chi connectivity index (χ2v) is 5.98. The Morgan fingerprint density at radius 1 is 1.17 bits per heavy atom. The lowest BCUT2D eigenvalue weighted by Gasteiger charge is -2.10. The highest BCUT2D eigenvalue weighted by atomic mass is 79.9. The molecule has 0 aliphatic rings. The zero-order chi connectivity index (χ0) is 17.0. The van der Waals surface area contributed by atoms with Crippen molar-refractivity contribution in [1.82, 2.24) is 0 Å². The number of anilines is 1. The summed E-state index contributed by atoms with van der Waals surface area (Å²) in [5, 5.41) is 2.65. The van der Waals surface area contributed by atoms with Crippen molar-refractivity contribution >= 4 is 33.5 Å². The minimum atomic E-state index is -0.889. The molecule has 6 heteroatoms. The van der Waals surface area contributed by atoms with Crippen molar-refractivity contribution in [2.45, 2.75) is 13.8 Å². The number of halogens is 2. The van der Waals surface area contributed by atoms with Crippen molar-refractivity contribution in [3.63, 3.8) is 0 Å². The molecule has 2 aromatic carbocycles. The molecular formula is C17H15BrFNO3. The summed E-state index contributed by atoms with van der Waals surface area (Å²) in [6, 6.07) is 9.50. The maximum absolute atomic E-state index is 13.6. The number of hydrogen-bond donors (Lipinski definition) is 1. The lowest BCUT2D eigenvalue weighted by molar-refractivity contribution is -0.119. The molecule has 120 valence electrons. The van der Waals surface area contributed by atoms with Gasteiger partial charge in [-0.1, -0.05) is 33.6 Å². The van der Waals surface area contributed by atoms with Crippen LogP contribution >= 0.6 is 15.9 Å². The summed E-state index contributed by atoms with van der Waals surface area (Å²) >= 11 is 3.15. The van der Waals surface area contributed by atoms with E-state index in [0.717, 1.165) is 17.2 Å². The number of carbonyl (C=O) groups is 2. The van der Waals surface area contributed by atoms with E-state index in [4.69, 9.17) is 4.74 Å². The average Bonchev–Trinajstić information content (AvgIpc) is 2.50. The van der Waals surface area contributed by atoms with Crippen LogP contribution in [0.5, 0.6) is 0 Å². The van der Waals surface area contributed by atoms with Gasteiger partial charge in [0.15, 0.2) is 6.61 Å². The molecule has 0 fully saturated rings. The van der Waals surface area contributed by atoms with E-state index in [-0.39, 0.29) is 5.56 Å². The number of benzene rings is 2. The predicted molar refractivity (Wildman–Crippen MR) is 88.9 cm³/mol. The molecule has 0 radical (unpaired) electrons. The average molecular weight is 380 g/mol. The van der Waals surface area contributed by atoms with Crippen molar-refractivity contribution in [3.8, 4) is 0 Å². The molecule has 0 aromatic heterocycles. The van der Waals surface area contributed by atoms with Gasteiger partial charge in [0.1, 0.15) is 5.82 Å². The highest BCUT2D eigenvalue weighted by Gasteiger charge is 2.15. The Bertz CT molecular complexity index is 761. The van der Waals surface area contributed by atoms with E-state index in [0.29, 0.717) is 10.2 Å². The number of amides is 1. The molecule has 2 rings (SSSR count). The van der Waals surface area contributed by atoms with Gasteiger partial charge in [-0.3, -0.25) is 4.79 Å². The minimum absolute atomic E-state index is 0.223. The number of carbonyl (C=O) groups excluding carboxylic acids is 2. The van der Waals surface area contributed by atoms with Crippen LogP contribution in [0.15, 0.2) is 40.9 Å². The Morgan fingerprint density at radius 3 is 2.61 bits per heavy atom. The van der Waals surface area contributed by atoms with Gasteiger partial charge in [0.05, 0.1) is 5.56 Å². The van der Waals surface area contributed by atoms with Crippen LogP contribution in [-0.2, 0) is 9.53 Å². The lowest BCUT2D eigenvalue weighted by Crippen LogP contribution is -2.21. The van der Waals surface area contributed by atoms with Gasteiger partial charge < -0.3 is 10.1 Å². The predicted octanol–water partition coefficient (Wildman–Crippen LogP) is 4.00. The first-order valence-electron chi connectivity index (χ1n) is 6.86. The normalized spacial score (nSPS) is 10.3. The highest BCUT2D eigenvalue weighted by Crippen LogP contribution is 2.17. The summed E-state index contributed by atoms with van der Waals surface area (Å²) in [7, 11) is 0. The molecule has 1 amide bonds. The van der Waals surface area contributed by atoms with Crippen LogP contribution in [0.3, 0.4) is 0 Å². The molecule has 4 nitrogen and oxygen atoms in total. The van der Waals surface area contributed by atoms with Gasteiger partial charge in [0, 0.05) is 10.2 Å². The zero-order valence-electron chi connectivity index (χ0n) is 12.7. The quantitative estimate of drug-likeness (QED) is 0.816. The number of aryl methyl sites for hydroxylation is 2. The molecule has 0 aliphatic carbocycles. The molecule has 0 spiro atoms. The highest BCUT2D eigenvalue weighted by molar-refractivity contribution is 9.10. The van der Waals surface area contributed by atoms with Crippen molar-refractivity contribution in [2.24, 2.45) is 0 Å². The van der Waals surface area contributed by atoms with E-state index in [9.17, 15) is 14.0 Å². The molecule has 23 heavy (non-hydrogen) atoms. The van der Waals surface area contributed by atoms with Crippen LogP contribution in [-0.4, -0.2) is 18.5 Å². The van der Waals surface area contributed by atoms with E-state index >= 15 is 0 Å². The minimum Gasteiger partial charge on any atom is -0.452 e. The number of nitrogens with one attached hydrogen (secondary N) is 1. The molecule has 0 bridgehead atoms. The topological polar surface area (TPSA) is 55.4 Å². The van der Waals surface area contributed by atoms with E-state index in [1.807, 2.05) is 26.0 Å². The van der Waals surface area contributed by atoms with E-state index in [1.165, 1.54) is 12.1 Å². The first-order valence-corrected chi connectivity index (χ1v) is 7.65. The SMILES string of the molecule is Cc1ccc(NC(=O)COC(=O)c2cc(Br)ccc2F)c(C)c1. The Labute approximate surface area is 141 Å². The molecule has 0 atom stereocenters. The molecule has 0 unspecified atom stereocenters. The molecule has 0 aliphatic heterocycles. The Hall–Kier alpha value is -2.21. The van der Waals surface area contributed by atoms with E-state index < -0.39 is 24.3 Å². The molecule has 0 saturated carbocycles. The summed E-state index contributed by atoms with van der Waals surface area (Å²) in [4.78, 5) is 23.7. The molecule has 2 aromatic rings. The summed E-state index contributed by atoms with van der Waals surface area (Å²) in [5.41, 5.74) is 2.41. The fourth-order valence-electron chi connectivity index (χ4n) is 2.00. The largest absolute Gasteiger partial charge is 0.452 e. The number of hydrogen-bond acceptors (Lipinski definition) is 3. The lowest BCUT2D eigenvalue weighted by atomic mass is 10.1. The summed E-state index contributed by atoms with van der Waals surface area (Å²) in [6.07, 6.45) is 0. The van der Waals surface area contributed by atoms with Crippen molar-refractivity contribution in [1.29, 1.82) is 0 Å². The summed E-state index contributed by atoms with van der Waals surface area (Å²) in [5.74, 6) is -2.08. The third-order valence-corrected chi connectivity index (χ3v) is 3.63. The van der Waals surface area contributed by atoms with Crippen molar-refractivity contribution in [3.05, 3.63) is 63.4 Å². The Kier molecular flexibility index (Phi) is 5.50. The van der Waals surface area contributed by atoms with Gasteiger partial charge in [-0.15, -0.1) is 0 Å². The maximum Gasteiger partial charge on any atom is 0.341 e. The number of rotatable bonds is 4. The first-order chi connectivity index (χ1) is 10.9. The van der Waals surface area contributed by atoms with Gasteiger partial charge >= 0.3 is 5.97 Å².